The van der Waals surface area contributed by atoms with Gasteiger partial charge >= 0.3 is 5.97 Å². The Kier molecular flexibility index (Phi) is 9.29. The van der Waals surface area contributed by atoms with Crippen LogP contribution in [-0.4, -0.2) is 51.0 Å². The van der Waals surface area contributed by atoms with Gasteiger partial charge in [-0.05, 0) is 45.0 Å². The molecule has 9 heteroatoms. The van der Waals surface area contributed by atoms with Crippen molar-refractivity contribution in [1.82, 2.24) is 4.98 Å². The van der Waals surface area contributed by atoms with E-state index in [1.165, 1.54) is 11.3 Å². The summed E-state index contributed by atoms with van der Waals surface area (Å²) >= 11 is 1.33. The van der Waals surface area contributed by atoms with E-state index >= 15 is 0 Å². The van der Waals surface area contributed by atoms with Crippen molar-refractivity contribution in [2.24, 2.45) is 0 Å². The largest absolute Gasteiger partial charge is 0.491 e. The van der Waals surface area contributed by atoms with Crippen LogP contribution in [0, 0.1) is 0 Å². The molecule has 0 saturated carbocycles. The van der Waals surface area contributed by atoms with E-state index in [-0.39, 0.29) is 29.6 Å². The Bertz CT molecular complexity index is 1000. The average molecular weight is 510 g/mol. The van der Waals surface area contributed by atoms with Gasteiger partial charge in [-0.1, -0.05) is 20.8 Å². The molecule has 34 heavy (non-hydrogen) atoms. The highest BCUT2D eigenvalue weighted by molar-refractivity contribution is 7.20. The second-order valence-corrected chi connectivity index (χ2v) is 16.7. The molecule has 0 saturated heterocycles. The Morgan fingerprint density at radius 3 is 2.29 bits per heavy atom. The Hall–Kier alpha value is -1.97. The molecule has 0 aliphatic carbocycles. The first-order chi connectivity index (χ1) is 15.6. The Balaban J connectivity index is 1.99. The minimum absolute atomic E-state index is 0.0480. The number of aromatic nitrogens is 1. The quantitative estimate of drug-likeness (QED) is 0.150. The molecule has 0 spiro atoms. The number of esters is 1. The molecule has 0 aliphatic heterocycles. The topological polar surface area (TPSA) is 84.0 Å². The van der Waals surface area contributed by atoms with E-state index in [4.69, 9.17) is 18.6 Å². The highest BCUT2D eigenvalue weighted by Crippen LogP contribution is 2.37. The number of pyridine rings is 1. The number of hydrogen-bond acceptors (Lipinski definition) is 8. The fourth-order valence-electron chi connectivity index (χ4n) is 2.82. The zero-order valence-electron chi connectivity index (χ0n) is 22.0. The predicted octanol–water partition coefficient (Wildman–Crippen LogP) is 6.40. The van der Waals surface area contributed by atoms with Crippen LogP contribution in [0.2, 0.25) is 18.1 Å². The van der Waals surface area contributed by atoms with Gasteiger partial charge in [0.1, 0.15) is 5.60 Å². The van der Waals surface area contributed by atoms with E-state index in [0.29, 0.717) is 35.2 Å². The van der Waals surface area contributed by atoms with Crippen molar-refractivity contribution in [3.63, 3.8) is 0 Å². The van der Waals surface area contributed by atoms with Crippen molar-refractivity contribution in [2.75, 3.05) is 20.3 Å². The number of fused-ring (bicyclic) bond motifs is 1. The number of rotatable bonds is 11. The van der Waals surface area contributed by atoms with Crippen LogP contribution in [0.4, 0.5) is 0 Å². The molecule has 0 bridgehead atoms. The molecular weight excluding hydrogens is 470 g/mol. The van der Waals surface area contributed by atoms with Crippen LogP contribution in [0.3, 0.4) is 0 Å². The number of ether oxygens (including phenoxy) is 3. The van der Waals surface area contributed by atoms with Gasteiger partial charge in [0.25, 0.3) is 5.88 Å². The smallest absolute Gasteiger partial charge is 0.306 e. The molecule has 2 rings (SSSR count). The number of hydrogen-bond donors (Lipinski definition) is 0. The predicted molar refractivity (Wildman–Crippen MR) is 139 cm³/mol. The van der Waals surface area contributed by atoms with Crippen molar-refractivity contribution in [1.29, 1.82) is 0 Å². The van der Waals surface area contributed by atoms with Crippen LogP contribution in [0.5, 0.6) is 11.6 Å². The van der Waals surface area contributed by atoms with E-state index in [2.05, 4.69) is 38.8 Å². The summed E-state index contributed by atoms with van der Waals surface area (Å²) in [5.74, 6) is 0.424. The van der Waals surface area contributed by atoms with E-state index in [9.17, 15) is 9.59 Å². The Labute approximate surface area is 208 Å². The van der Waals surface area contributed by atoms with Crippen LogP contribution >= 0.6 is 11.3 Å². The van der Waals surface area contributed by atoms with Gasteiger partial charge in [-0.2, -0.15) is 0 Å². The summed E-state index contributed by atoms with van der Waals surface area (Å²) in [7, 11) is -0.212. The minimum Gasteiger partial charge on any atom is -0.491 e. The first kappa shape index (κ1) is 28.3. The van der Waals surface area contributed by atoms with Crippen molar-refractivity contribution in [2.45, 2.75) is 84.5 Å². The average Bonchev–Trinajstić information content (AvgIpc) is 3.11. The summed E-state index contributed by atoms with van der Waals surface area (Å²) in [6, 6.07) is 3.57. The molecule has 0 N–H and O–H groups in total. The van der Waals surface area contributed by atoms with Gasteiger partial charge < -0.3 is 18.6 Å². The summed E-state index contributed by atoms with van der Waals surface area (Å²) < 4.78 is 23.6. The fourth-order valence-corrected chi connectivity index (χ4v) is 4.91. The van der Waals surface area contributed by atoms with Crippen molar-refractivity contribution >= 4 is 41.6 Å². The third kappa shape index (κ3) is 8.06. The van der Waals surface area contributed by atoms with Crippen molar-refractivity contribution in [3.05, 3.63) is 17.0 Å². The van der Waals surface area contributed by atoms with Crippen LogP contribution in [0.1, 0.15) is 70.5 Å². The number of Topliss-reactive ketones (excluding diaryl/α,β-unsaturated/α-hetero) is 1. The van der Waals surface area contributed by atoms with Gasteiger partial charge in [-0.15, -0.1) is 11.3 Å². The third-order valence-electron chi connectivity index (χ3n) is 5.70. The number of carbonyl (C=O) groups is 2. The zero-order valence-corrected chi connectivity index (χ0v) is 23.8. The molecule has 7 nitrogen and oxygen atoms in total. The number of carbonyl (C=O) groups excluding carboxylic acids is 2. The van der Waals surface area contributed by atoms with Crippen LogP contribution in [0.25, 0.3) is 10.2 Å². The fraction of sp³-hybridized carbons (Fsp3) is 0.640. The molecule has 0 fully saturated rings. The van der Waals surface area contributed by atoms with Crippen molar-refractivity contribution in [3.8, 4) is 11.6 Å². The first-order valence-electron chi connectivity index (χ1n) is 11.6. The highest BCUT2D eigenvalue weighted by Gasteiger charge is 2.36. The lowest BCUT2D eigenvalue weighted by molar-refractivity contribution is -0.154. The van der Waals surface area contributed by atoms with E-state index in [1.54, 1.807) is 33.9 Å². The molecular formula is C25H39NO6SSi. The summed E-state index contributed by atoms with van der Waals surface area (Å²) in [6.45, 7) is 17.6. The maximum Gasteiger partial charge on any atom is 0.306 e. The molecule has 0 unspecified atom stereocenters. The normalized spacial score (nSPS) is 12.6. The Morgan fingerprint density at radius 1 is 1.03 bits per heavy atom. The lowest BCUT2D eigenvalue weighted by atomic mass is 10.1. The Morgan fingerprint density at radius 2 is 1.71 bits per heavy atom. The van der Waals surface area contributed by atoms with Gasteiger partial charge in [0.15, 0.2) is 19.9 Å². The summed E-state index contributed by atoms with van der Waals surface area (Å²) in [5.41, 5.74) is 0.102. The lowest BCUT2D eigenvalue weighted by Gasteiger charge is -2.36. The van der Waals surface area contributed by atoms with Crippen LogP contribution in [0.15, 0.2) is 12.1 Å². The van der Waals surface area contributed by atoms with Gasteiger partial charge in [-0.3, -0.25) is 9.59 Å². The lowest BCUT2D eigenvalue weighted by Crippen LogP contribution is -2.41. The minimum atomic E-state index is -1.78. The van der Waals surface area contributed by atoms with Gasteiger partial charge in [0, 0.05) is 25.5 Å². The molecule has 2 aromatic rings. The van der Waals surface area contributed by atoms with Crippen molar-refractivity contribution < 1.29 is 28.2 Å². The number of ketones is 1. The van der Waals surface area contributed by atoms with E-state index in [0.717, 1.165) is 11.1 Å². The first-order valence-corrected chi connectivity index (χ1v) is 15.4. The van der Waals surface area contributed by atoms with Gasteiger partial charge in [0.2, 0.25) is 0 Å². The summed E-state index contributed by atoms with van der Waals surface area (Å²) in [6.07, 6.45) is 0.885. The van der Waals surface area contributed by atoms with Gasteiger partial charge in [0.05, 0.1) is 35.2 Å². The molecule has 0 amide bonds. The monoisotopic (exact) mass is 509 g/mol. The number of nitrogens with zero attached hydrogens (tertiary/aromatic N) is 1. The molecule has 0 atom stereocenters. The summed E-state index contributed by atoms with van der Waals surface area (Å²) in [4.78, 5) is 29.7. The van der Waals surface area contributed by atoms with Crippen LogP contribution < -0.4 is 9.47 Å². The molecule has 2 aromatic heterocycles. The van der Waals surface area contributed by atoms with E-state index in [1.807, 2.05) is 6.07 Å². The molecule has 0 aliphatic rings. The van der Waals surface area contributed by atoms with Crippen LogP contribution in [-0.2, 0) is 14.0 Å². The third-order valence-corrected chi connectivity index (χ3v) is 11.4. The van der Waals surface area contributed by atoms with Gasteiger partial charge in [-0.25, -0.2) is 4.98 Å². The second kappa shape index (κ2) is 11.2. The maximum absolute atomic E-state index is 12.6. The highest BCUT2D eigenvalue weighted by atomic mass is 32.1. The molecule has 2 heterocycles. The standard InChI is InChI=1S/C25H39NO6SSi/c1-24(2,3)32-22(28)12-11-18(27)21-15-17-20(33-21)16-19(29-7)23(26-17)30-13-10-14-31-34(8,9)25(4,5)6/h15-16H,10-14H2,1-9H3. The number of methoxy groups -OCH3 is 1. The molecule has 0 radical (unpaired) electrons. The molecule has 0 aromatic carbocycles. The van der Waals surface area contributed by atoms with E-state index < -0.39 is 13.9 Å². The maximum atomic E-state index is 12.6. The number of thiophene rings is 1. The molecule has 190 valence electrons. The zero-order chi connectivity index (χ0) is 25.7. The SMILES string of the molecule is COc1cc2sc(C(=O)CCC(=O)OC(C)(C)C)cc2nc1OCCCO[Si](C)(C)C(C)(C)C. The second-order valence-electron chi connectivity index (χ2n) is 10.8. The summed E-state index contributed by atoms with van der Waals surface area (Å²) in [5, 5.41) is 0.171.